The minimum Gasteiger partial charge on any atom is -0.329 e. The normalized spacial score (nSPS) is 10.4. The number of aromatic nitrogens is 4. The number of aromatic amines is 1. The molecule has 2 amide bonds. The summed E-state index contributed by atoms with van der Waals surface area (Å²) < 4.78 is 0. The molecule has 30 heavy (non-hydrogen) atoms. The van der Waals surface area contributed by atoms with E-state index in [0.29, 0.717) is 11.4 Å². The van der Waals surface area contributed by atoms with Gasteiger partial charge in [0.2, 0.25) is 5.95 Å². The number of carbonyl (C=O) groups is 1. The highest BCUT2D eigenvalue weighted by molar-refractivity contribution is 5.98. The third kappa shape index (κ3) is 4.56. The van der Waals surface area contributed by atoms with Crippen LogP contribution >= 0.6 is 0 Å². The summed E-state index contributed by atoms with van der Waals surface area (Å²) in [5.74, 6) is 0.0909. The van der Waals surface area contributed by atoms with Gasteiger partial charge in [-0.2, -0.15) is 4.98 Å². The van der Waals surface area contributed by atoms with Gasteiger partial charge in [0.05, 0.1) is 11.4 Å². The fraction of sp³-hybridized carbons (Fsp3) is 0.0455. The van der Waals surface area contributed by atoms with Crippen LogP contribution < -0.4 is 16.2 Å². The summed E-state index contributed by atoms with van der Waals surface area (Å²) in [5, 5.41) is 5.21. The molecule has 0 radical (unpaired) electrons. The third-order valence-corrected chi connectivity index (χ3v) is 4.28. The highest BCUT2D eigenvalue weighted by Crippen LogP contribution is 2.23. The van der Waals surface area contributed by atoms with E-state index in [2.05, 4.69) is 30.6 Å². The van der Waals surface area contributed by atoms with Crippen LogP contribution in [0.15, 0.2) is 77.9 Å². The van der Waals surface area contributed by atoms with Gasteiger partial charge in [-0.05, 0) is 42.8 Å². The first-order valence-electron chi connectivity index (χ1n) is 9.21. The minimum atomic E-state index is -0.502. The summed E-state index contributed by atoms with van der Waals surface area (Å²) in [6.45, 7) is 1.71. The van der Waals surface area contributed by atoms with E-state index in [0.717, 1.165) is 22.5 Å². The van der Waals surface area contributed by atoms with Crippen molar-refractivity contribution < 1.29 is 4.79 Å². The lowest BCUT2D eigenvalue weighted by Crippen LogP contribution is -2.23. The van der Waals surface area contributed by atoms with Crippen molar-refractivity contribution >= 4 is 17.7 Å². The van der Waals surface area contributed by atoms with E-state index in [1.165, 1.54) is 6.07 Å². The maximum Gasteiger partial charge on any atom is 0.326 e. The Morgan fingerprint density at radius 2 is 1.67 bits per heavy atom. The van der Waals surface area contributed by atoms with Crippen LogP contribution in [0.25, 0.3) is 22.5 Å². The average molecular weight is 398 g/mol. The second-order valence-electron chi connectivity index (χ2n) is 6.55. The summed E-state index contributed by atoms with van der Waals surface area (Å²) in [5.41, 5.74) is 4.32. The first-order valence-corrected chi connectivity index (χ1v) is 9.21. The van der Waals surface area contributed by atoms with Crippen LogP contribution in [0, 0.1) is 6.92 Å². The fourth-order valence-corrected chi connectivity index (χ4v) is 2.88. The largest absolute Gasteiger partial charge is 0.329 e. The van der Waals surface area contributed by atoms with Crippen LogP contribution in [0.1, 0.15) is 5.69 Å². The first-order chi connectivity index (χ1) is 14.6. The lowest BCUT2D eigenvalue weighted by Gasteiger charge is -2.08. The van der Waals surface area contributed by atoms with Crippen molar-refractivity contribution in [2.75, 3.05) is 10.6 Å². The molecule has 3 heterocycles. The summed E-state index contributed by atoms with van der Waals surface area (Å²) in [7, 11) is 0. The molecule has 0 fully saturated rings. The molecule has 3 N–H and O–H groups in total. The number of urea groups is 1. The number of nitrogens with one attached hydrogen (secondary N) is 3. The van der Waals surface area contributed by atoms with Gasteiger partial charge in [-0.3, -0.25) is 20.1 Å². The quantitative estimate of drug-likeness (QED) is 0.483. The lowest BCUT2D eigenvalue weighted by molar-refractivity contribution is 0.262. The van der Waals surface area contributed by atoms with Crippen LogP contribution in [0.4, 0.5) is 16.4 Å². The van der Waals surface area contributed by atoms with Crippen LogP contribution in [0.2, 0.25) is 0 Å². The van der Waals surface area contributed by atoms with Gasteiger partial charge in [0.1, 0.15) is 0 Å². The Labute approximate surface area is 172 Å². The van der Waals surface area contributed by atoms with E-state index >= 15 is 0 Å². The summed E-state index contributed by atoms with van der Waals surface area (Å²) in [6, 6.07) is 17.8. The molecule has 0 spiro atoms. The fourth-order valence-electron chi connectivity index (χ4n) is 2.88. The number of pyridine rings is 2. The number of carbonyl (C=O) groups excluding carboxylic acids is 1. The maximum absolute atomic E-state index is 12.1. The summed E-state index contributed by atoms with van der Waals surface area (Å²) >= 11 is 0. The molecule has 0 aliphatic rings. The van der Waals surface area contributed by atoms with Crippen molar-refractivity contribution in [1.82, 2.24) is 19.9 Å². The standard InChI is InChI=1S/C22H18N6O2/c1-14-12-20(29)27-21(25-14)28-22(30)26-17-8-5-15(6-9-17)16-7-10-19(24-13-16)18-4-2-3-11-23-18/h2-13H,1H3,(H3,25,26,27,28,29,30). The van der Waals surface area contributed by atoms with E-state index < -0.39 is 11.6 Å². The van der Waals surface area contributed by atoms with Gasteiger partial charge in [-0.15, -0.1) is 0 Å². The molecule has 4 rings (SSSR count). The second kappa shape index (κ2) is 8.36. The van der Waals surface area contributed by atoms with Crippen LogP contribution in [-0.4, -0.2) is 26.0 Å². The highest BCUT2D eigenvalue weighted by atomic mass is 16.2. The van der Waals surface area contributed by atoms with Gasteiger partial charge in [0.25, 0.3) is 5.56 Å². The van der Waals surface area contributed by atoms with Crippen molar-refractivity contribution in [1.29, 1.82) is 0 Å². The summed E-state index contributed by atoms with van der Waals surface area (Å²) in [4.78, 5) is 38.8. The lowest BCUT2D eigenvalue weighted by atomic mass is 10.1. The number of H-pyrrole nitrogens is 1. The molecule has 8 nitrogen and oxygen atoms in total. The van der Waals surface area contributed by atoms with E-state index in [4.69, 9.17) is 0 Å². The number of hydrogen-bond donors (Lipinski definition) is 3. The number of hydrogen-bond acceptors (Lipinski definition) is 5. The molecule has 0 unspecified atom stereocenters. The monoisotopic (exact) mass is 398 g/mol. The van der Waals surface area contributed by atoms with E-state index in [9.17, 15) is 9.59 Å². The Kier molecular flexibility index (Phi) is 5.29. The van der Waals surface area contributed by atoms with Crippen LogP contribution in [0.3, 0.4) is 0 Å². The van der Waals surface area contributed by atoms with Crippen molar-refractivity contribution in [3.8, 4) is 22.5 Å². The van der Waals surface area contributed by atoms with Crippen molar-refractivity contribution in [2.24, 2.45) is 0 Å². The predicted molar refractivity (Wildman–Crippen MR) is 115 cm³/mol. The maximum atomic E-state index is 12.1. The molecule has 148 valence electrons. The van der Waals surface area contributed by atoms with Gasteiger partial charge in [-0.25, -0.2) is 4.79 Å². The molecule has 3 aromatic heterocycles. The third-order valence-electron chi connectivity index (χ3n) is 4.28. The molecule has 8 heteroatoms. The van der Waals surface area contributed by atoms with E-state index in [1.54, 1.807) is 31.5 Å². The van der Waals surface area contributed by atoms with Crippen molar-refractivity contribution in [3.63, 3.8) is 0 Å². The number of amides is 2. The number of benzene rings is 1. The van der Waals surface area contributed by atoms with Crippen LogP contribution in [0.5, 0.6) is 0 Å². The molecule has 0 saturated heterocycles. The van der Waals surface area contributed by atoms with Gasteiger partial charge >= 0.3 is 6.03 Å². The first kappa shape index (κ1) is 19.0. The van der Waals surface area contributed by atoms with Crippen LogP contribution in [-0.2, 0) is 0 Å². The SMILES string of the molecule is Cc1cc(=O)nc(NC(=O)Nc2ccc(-c3ccc(-c4ccccn4)nc3)cc2)[nH]1. The number of nitrogens with zero attached hydrogens (tertiary/aromatic N) is 3. The topological polar surface area (TPSA) is 113 Å². The Balaban J connectivity index is 1.42. The molecule has 1 aromatic carbocycles. The van der Waals surface area contributed by atoms with Gasteiger partial charge < -0.3 is 10.3 Å². The number of aryl methyl sites for hydroxylation is 1. The number of rotatable bonds is 4. The molecule has 0 atom stereocenters. The number of anilines is 2. The van der Waals surface area contributed by atoms with Gasteiger partial charge in [0.15, 0.2) is 0 Å². The molecular weight excluding hydrogens is 380 g/mol. The average Bonchev–Trinajstić information content (AvgIpc) is 2.74. The molecule has 0 saturated carbocycles. The second-order valence-corrected chi connectivity index (χ2v) is 6.55. The molecule has 4 aromatic rings. The zero-order valence-electron chi connectivity index (χ0n) is 16.1. The summed E-state index contributed by atoms with van der Waals surface area (Å²) in [6.07, 6.45) is 3.53. The van der Waals surface area contributed by atoms with Gasteiger partial charge in [-0.1, -0.05) is 24.3 Å². The minimum absolute atomic E-state index is 0.0909. The Hall–Kier alpha value is -4.33. The zero-order valence-corrected chi connectivity index (χ0v) is 16.1. The molecular formula is C22H18N6O2. The molecule has 0 aliphatic heterocycles. The Morgan fingerprint density at radius 3 is 2.33 bits per heavy atom. The smallest absolute Gasteiger partial charge is 0.326 e. The Morgan fingerprint density at radius 1 is 0.900 bits per heavy atom. The predicted octanol–water partition coefficient (Wildman–Crippen LogP) is 3.85. The van der Waals surface area contributed by atoms with E-state index in [1.807, 2.05) is 42.5 Å². The van der Waals surface area contributed by atoms with Gasteiger partial charge in [0, 0.05) is 35.4 Å². The van der Waals surface area contributed by atoms with Crippen molar-refractivity contribution in [3.05, 3.63) is 89.1 Å². The molecule has 0 bridgehead atoms. The highest BCUT2D eigenvalue weighted by Gasteiger charge is 2.07. The zero-order chi connectivity index (χ0) is 20.9. The molecule has 0 aliphatic carbocycles. The van der Waals surface area contributed by atoms with E-state index in [-0.39, 0.29) is 5.95 Å². The Bertz CT molecular complexity index is 1220. The van der Waals surface area contributed by atoms with Crippen molar-refractivity contribution in [2.45, 2.75) is 6.92 Å².